The molecular weight excluding hydrogens is 244 g/mol. The van der Waals surface area contributed by atoms with Crippen molar-refractivity contribution in [3.05, 3.63) is 0 Å². The second-order valence-electron chi connectivity index (χ2n) is 6.14. The van der Waals surface area contributed by atoms with Crippen LogP contribution in [0.25, 0.3) is 0 Å². The highest BCUT2D eigenvalue weighted by Crippen LogP contribution is 2.42. The molecule has 3 saturated heterocycles. The molecule has 0 saturated carbocycles. The number of aliphatic hydroxyl groups is 1. The summed E-state index contributed by atoms with van der Waals surface area (Å²) in [5, 5.41) is 9.64. The number of rotatable bonds is 3. The van der Waals surface area contributed by atoms with E-state index in [9.17, 15) is 9.90 Å². The van der Waals surface area contributed by atoms with Crippen molar-refractivity contribution in [3.8, 4) is 0 Å². The van der Waals surface area contributed by atoms with E-state index in [1.54, 1.807) is 4.90 Å². The number of aliphatic hydroxyl groups excluding tert-OH is 1. The third-order valence-electron chi connectivity index (χ3n) is 5.09. The molecule has 0 radical (unpaired) electrons. The molecule has 3 aliphatic rings. The van der Waals surface area contributed by atoms with E-state index in [4.69, 9.17) is 4.74 Å². The summed E-state index contributed by atoms with van der Waals surface area (Å²) in [6.07, 6.45) is 6.34. The fourth-order valence-corrected chi connectivity index (χ4v) is 3.97. The van der Waals surface area contributed by atoms with Crippen LogP contribution in [0.3, 0.4) is 0 Å². The standard InChI is InChI=1S/C14H24N2O3/c17-11-14-5-3-9-16(14)12(4-6-14)10-19-13(18)15-7-1-2-8-15/h12,17H,1-11H2/t12-,14-/m1/s1. The Kier molecular flexibility index (Phi) is 3.67. The van der Waals surface area contributed by atoms with Crippen LogP contribution in [0.2, 0.25) is 0 Å². The molecule has 1 amide bonds. The summed E-state index contributed by atoms with van der Waals surface area (Å²) in [6.45, 7) is 3.44. The zero-order valence-electron chi connectivity index (χ0n) is 11.5. The first-order chi connectivity index (χ1) is 9.25. The Bertz CT molecular complexity index is 344. The van der Waals surface area contributed by atoms with Crippen LogP contribution in [0, 0.1) is 0 Å². The van der Waals surface area contributed by atoms with Gasteiger partial charge in [0.1, 0.15) is 6.61 Å². The van der Waals surface area contributed by atoms with Crippen LogP contribution in [0.5, 0.6) is 0 Å². The number of ether oxygens (including phenoxy) is 1. The lowest BCUT2D eigenvalue weighted by molar-refractivity contribution is 0.0428. The Morgan fingerprint density at radius 2 is 2.00 bits per heavy atom. The van der Waals surface area contributed by atoms with Crippen LogP contribution in [0.1, 0.15) is 38.5 Å². The third kappa shape index (κ3) is 2.34. The summed E-state index contributed by atoms with van der Waals surface area (Å²) in [5.74, 6) is 0. The minimum atomic E-state index is -0.154. The second-order valence-corrected chi connectivity index (χ2v) is 6.14. The van der Waals surface area contributed by atoms with Crippen LogP contribution in [0.15, 0.2) is 0 Å². The van der Waals surface area contributed by atoms with Gasteiger partial charge in [-0.3, -0.25) is 4.90 Å². The zero-order chi connectivity index (χ0) is 13.3. The van der Waals surface area contributed by atoms with Crippen LogP contribution < -0.4 is 0 Å². The highest BCUT2D eigenvalue weighted by atomic mass is 16.6. The van der Waals surface area contributed by atoms with Crippen LogP contribution in [-0.2, 0) is 4.74 Å². The Morgan fingerprint density at radius 1 is 1.21 bits per heavy atom. The molecular formula is C14H24N2O3. The van der Waals surface area contributed by atoms with Gasteiger partial charge in [-0.2, -0.15) is 0 Å². The maximum Gasteiger partial charge on any atom is 0.409 e. The van der Waals surface area contributed by atoms with E-state index in [0.717, 1.165) is 58.2 Å². The van der Waals surface area contributed by atoms with Gasteiger partial charge >= 0.3 is 6.09 Å². The van der Waals surface area contributed by atoms with E-state index in [1.807, 2.05) is 0 Å². The van der Waals surface area contributed by atoms with Gasteiger partial charge in [0.2, 0.25) is 0 Å². The number of likely N-dealkylation sites (tertiary alicyclic amines) is 1. The van der Waals surface area contributed by atoms with E-state index < -0.39 is 0 Å². The molecule has 0 aliphatic carbocycles. The summed E-state index contributed by atoms with van der Waals surface area (Å²) in [4.78, 5) is 16.1. The third-order valence-corrected chi connectivity index (χ3v) is 5.09. The molecule has 5 heteroatoms. The Labute approximate surface area is 114 Å². The molecule has 0 aromatic heterocycles. The van der Waals surface area contributed by atoms with E-state index in [1.165, 1.54) is 0 Å². The Balaban J connectivity index is 1.52. The summed E-state index contributed by atoms with van der Waals surface area (Å²) in [6, 6.07) is 0.307. The first-order valence-electron chi connectivity index (χ1n) is 7.54. The van der Waals surface area contributed by atoms with Crippen molar-refractivity contribution in [2.45, 2.75) is 50.1 Å². The van der Waals surface area contributed by atoms with Crippen molar-refractivity contribution in [1.82, 2.24) is 9.80 Å². The lowest BCUT2D eigenvalue weighted by Crippen LogP contribution is -2.46. The van der Waals surface area contributed by atoms with Gasteiger partial charge in [-0.15, -0.1) is 0 Å². The summed E-state index contributed by atoms with van der Waals surface area (Å²) in [7, 11) is 0. The fourth-order valence-electron chi connectivity index (χ4n) is 3.97. The second kappa shape index (κ2) is 5.29. The summed E-state index contributed by atoms with van der Waals surface area (Å²) < 4.78 is 5.47. The largest absolute Gasteiger partial charge is 0.448 e. The number of hydrogen-bond donors (Lipinski definition) is 1. The minimum Gasteiger partial charge on any atom is -0.448 e. The van der Waals surface area contributed by atoms with E-state index in [0.29, 0.717) is 12.6 Å². The molecule has 1 N–H and O–H groups in total. The molecule has 0 bridgehead atoms. The SMILES string of the molecule is O=C(OC[C@H]1CC[C@@]2(CO)CCCN12)N1CCCC1. The molecule has 0 unspecified atom stereocenters. The zero-order valence-corrected chi connectivity index (χ0v) is 11.5. The van der Waals surface area contributed by atoms with Crippen molar-refractivity contribution < 1.29 is 14.6 Å². The first-order valence-corrected chi connectivity index (χ1v) is 7.54. The highest BCUT2D eigenvalue weighted by molar-refractivity contribution is 5.67. The van der Waals surface area contributed by atoms with Crippen molar-refractivity contribution in [1.29, 1.82) is 0 Å². The van der Waals surface area contributed by atoms with Gasteiger partial charge in [0.25, 0.3) is 0 Å². The van der Waals surface area contributed by atoms with Crippen molar-refractivity contribution in [2.75, 3.05) is 32.8 Å². The smallest absolute Gasteiger partial charge is 0.409 e. The van der Waals surface area contributed by atoms with E-state index in [-0.39, 0.29) is 18.2 Å². The number of carbonyl (C=O) groups is 1. The predicted octanol–water partition coefficient (Wildman–Crippen LogP) is 1.21. The van der Waals surface area contributed by atoms with Crippen LogP contribution in [-0.4, -0.2) is 65.4 Å². The van der Waals surface area contributed by atoms with Gasteiger partial charge < -0.3 is 14.7 Å². The highest BCUT2D eigenvalue weighted by Gasteiger charge is 2.48. The van der Waals surface area contributed by atoms with Crippen molar-refractivity contribution >= 4 is 6.09 Å². The van der Waals surface area contributed by atoms with E-state index in [2.05, 4.69) is 4.90 Å². The number of fused-ring (bicyclic) bond motifs is 1. The Morgan fingerprint density at radius 3 is 2.74 bits per heavy atom. The maximum absolute atomic E-state index is 11.9. The number of carbonyl (C=O) groups excluding carboxylic acids is 1. The van der Waals surface area contributed by atoms with Crippen molar-refractivity contribution in [2.24, 2.45) is 0 Å². The lowest BCUT2D eigenvalue weighted by atomic mass is 9.95. The predicted molar refractivity (Wildman–Crippen MR) is 70.9 cm³/mol. The monoisotopic (exact) mass is 268 g/mol. The lowest BCUT2D eigenvalue weighted by Gasteiger charge is -2.33. The van der Waals surface area contributed by atoms with E-state index >= 15 is 0 Å². The van der Waals surface area contributed by atoms with Gasteiger partial charge in [-0.05, 0) is 45.1 Å². The maximum atomic E-state index is 11.9. The molecule has 0 aromatic rings. The molecule has 3 heterocycles. The molecule has 3 rings (SSSR count). The molecule has 3 fully saturated rings. The molecule has 2 atom stereocenters. The fraction of sp³-hybridized carbons (Fsp3) is 0.929. The van der Waals surface area contributed by atoms with Gasteiger partial charge in [0.05, 0.1) is 6.61 Å². The average Bonchev–Trinajstić information content (AvgIpc) is 3.12. The number of nitrogens with zero attached hydrogens (tertiary/aromatic N) is 2. The molecule has 5 nitrogen and oxygen atoms in total. The number of amides is 1. The number of hydrogen-bond acceptors (Lipinski definition) is 4. The van der Waals surface area contributed by atoms with Crippen LogP contribution in [0.4, 0.5) is 4.79 Å². The molecule has 0 spiro atoms. The van der Waals surface area contributed by atoms with Crippen molar-refractivity contribution in [3.63, 3.8) is 0 Å². The van der Waals surface area contributed by atoms with Gasteiger partial charge in [0, 0.05) is 24.7 Å². The normalized spacial score (nSPS) is 34.8. The van der Waals surface area contributed by atoms with Gasteiger partial charge in [-0.25, -0.2) is 4.79 Å². The summed E-state index contributed by atoms with van der Waals surface area (Å²) in [5.41, 5.74) is -0.00921. The van der Waals surface area contributed by atoms with Crippen LogP contribution >= 0.6 is 0 Å². The average molecular weight is 268 g/mol. The minimum absolute atomic E-state index is 0.00921. The molecule has 108 valence electrons. The Hall–Kier alpha value is -0.810. The molecule has 0 aromatic carbocycles. The molecule has 3 aliphatic heterocycles. The van der Waals surface area contributed by atoms with Gasteiger partial charge in [-0.1, -0.05) is 0 Å². The molecule has 19 heavy (non-hydrogen) atoms. The summed E-state index contributed by atoms with van der Waals surface area (Å²) >= 11 is 0. The van der Waals surface area contributed by atoms with Gasteiger partial charge in [0.15, 0.2) is 0 Å². The first kappa shape index (κ1) is 13.2. The quantitative estimate of drug-likeness (QED) is 0.836. The topological polar surface area (TPSA) is 53.0 Å².